The first-order valence-electron chi connectivity index (χ1n) is 15.0. The van der Waals surface area contributed by atoms with Crippen molar-refractivity contribution in [2.75, 3.05) is 0 Å². The van der Waals surface area contributed by atoms with Gasteiger partial charge in [0.2, 0.25) is 0 Å². The first-order chi connectivity index (χ1) is 19.9. The molecular weight excluding hydrogens is 491 g/mol. The number of hydrogen-bond acceptors (Lipinski definition) is 0. The van der Waals surface area contributed by atoms with Crippen molar-refractivity contribution in [3.63, 3.8) is 0 Å². The predicted molar refractivity (Wildman–Crippen MR) is 180 cm³/mol. The molecule has 0 saturated carbocycles. The molecule has 0 bridgehead atoms. The fourth-order valence-corrected chi connectivity index (χ4v) is 7.47. The Morgan fingerprint density at radius 1 is 0.415 bits per heavy atom. The maximum atomic E-state index is 2.47. The van der Waals surface area contributed by atoms with Gasteiger partial charge >= 0.3 is 0 Å². The van der Waals surface area contributed by atoms with E-state index < -0.39 is 0 Å². The van der Waals surface area contributed by atoms with Crippen LogP contribution in [-0.4, -0.2) is 6.71 Å². The highest BCUT2D eigenvalue weighted by atomic mass is 14.4. The lowest BCUT2D eigenvalue weighted by Gasteiger charge is -2.35. The summed E-state index contributed by atoms with van der Waals surface area (Å²) in [4.78, 5) is 0. The zero-order valence-electron chi connectivity index (χ0n) is 24.6. The van der Waals surface area contributed by atoms with Crippen molar-refractivity contribution < 1.29 is 0 Å². The molecule has 1 heteroatoms. The molecule has 0 atom stereocenters. The third-order valence-electron chi connectivity index (χ3n) is 10.2. The Balaban J connectivity index is 1.62. The van der Waals surface area contributed by atoms with E-state index in [9.17, 15) is 0 Å². The fraction of sp³-hybridized carbons (Fsp3) is 0.200. The normalized spacial score (nSPS) is 16.0. The van der Waals surface area contributed by atoms with Gasteiger partial charge in [-0.25, -0.2) is 0 Å². The maximum Gasteiger partial charge on any atom is 0.178 e. The van der Waals surface area contributed by atoms with Crippen LogP contribution in [0.4, 0.5) is 0 Å². The van der Waals surface area contributed by atoms with Crippen LogP contribution in [0.3, 0.4) is 0 Å². The molecule has 0 aromatic heterocycles. The average Bonchev–Trinajstić information content (AvgIpc) is 3.22. The number of fused-ring (bicyclic) bond motifs is 2. The van der Waals surface area contributed by atoms with Crippen molar-refractivity contribution in [1.29, 1.82) is 0 Å². The molecule has 1 aliphatic rings. The Kier molecular flexibility index (Phi) is 6.16. The van der Waals surface area contributed by atoms with Crippen LogP contribution in [0.5, 0.6) is 0 Å². The minimum absolute atomic E-state index is 0.291. The van der Waals surface area contributed by atoms with Gasteiger partial charge in [0, 0.05) is 0 Å². The standard InChI is InChI=1S/C40H37B/c1-39(2)26-41(27-40(39,3)4)38-34-22-13-11-20-32(34)37(33-21-12-14-23-35(33)38)36-30(28-16-7-5-8-17-28)24-15-25-31(36)29-18-9-6-10-19-29/h5-25H,26-27H2,1-4H3. The molecule has 6 aromatic carbocycles. The summed E-state index contributed by atoms with van der Waals surface area (Å²) < 4.78 is 0. The average molecular weight is 529 g/mol. The molecule has 0 amide bonds. The van der Waals surface area contributed by atoms with E-state index in [0.717, 1.165) is 0 Å². The van der Waals surface area contributed by atoms with E-state index >= 15 is 0 Å². The highest BCUT2D eigenvalue weighted by Gasteiger charge is 2.48. The van der Waals surface area contributed by atoms with Gasteiger partial charge in [-0.3, -0.25) is 0 Å². The Labute approximate surface area is 245 Å². The third-order valence-corrected chi connectivity index (χ3v) is 10.2. The van der Waals surface area contributed by atoms with Gasteiger partial charge < -0.3 is 0 Å². The topological polar surface area (TPSA) is 0 Å². The summed E-state index contributed by atoms with van der Waals surface area (Å²) in [7, 11) is 0. The van der Waals surface area contributed by atoms with E-state index in [-0.39, 0.29) is 0 Å². The molecule has 1 aliphatic heterocycles. The molecule has 1 heterocycles. The SMILES string of the molecule is CC1(C)CB(c2c3ccccc3c(-c3c(-c4ccccc4)cccc3-c3ccccc3)c3ccccc23)CC1(C)C. The molecule has 200 valence electrons. The minimum atomic E-state index is 0.291. The van der Waals surface area contributed by atoms with Gasteiger partial charge in [0.25, 0.3) is 0 Å². The maximum absolute atomic E-state index is 2.47. The molecule has 0 radical (unpaired) electrons. The summed E-state index contributed by atoms with van der Waals surface area (Å²) in [5.41, 5.74) is 9.82. The van der Waals surface area contributed by atoms with E-state index in [0.29, 0.717) is 17.5 Å². The zero-order chi connectivity index (χ0) is 28.2. The molecule has 0 N–H and O–H groups in total. The first-order valence-corrected chi connectivity index (χ1v) is 15.0. The van der Waals surface area contributed by atoms with Crippen molar-refractivity contribution in [3.05, 3.63) is 127 Å². The molecule has 1 saturated heterocycles. The Morgan fingerprint density at radius 3 is 1.24 bits per heavy atom. The van der Waals surface area contributed by atoms with Crippen LogP contribution in [0.15, 0.2) is 127 Å². The largest absolute Gasteiger partial charge is 0.178 e. The molecule has 0 spiro atoms. The summed E-state index contributed by atoms with van der Waals surface area (Å²) in [6.45, 7) is 10.4. The molecule has 0 aliphatic carbocycles. The van der Waals surface area contributed by atoms with Gasteiger partial charge in [-0.05, 0) is 65.8 Å². The Bertz CT molecular complexity index is 1750. The van der Waals surface area contributed by atoms with E-state index in [4.69, 9.17) is 0 Å². The molecule has 1 fully saturated rings. The van der Waals surface area contributed by atoms with Crippen LogP contribution in [0, 0.1) is 10.8 Å². The van der Waals surface area contributed by atoms with Gasteiger partial charge in [0.05, 0.1) is 0 Å². The van der Waals surface area contributed by atoms with E-state index in [2.05, 4.69) is 155 Å². The second-order valence-corrected chi connectivity index (χ2v) is 13.2. The molecule has 7 rings (SSSR count). The first kappa shape index (κ1) is 25.8. The van der Waals surface area contributed by atoms with Crippen LogP contribution in [-0.2, 0) is 0 Å². The van der Waals surface area contributed by atoms with Crippen molar-refractivity contribution in [3.8, 4) is 33.4 Å². The van der Waals surface area contributed by atoms with Gasteiger partial charge in [0.15, 0.2) is 6.71 Å². The van der Waals surface area contributed by atoms with Gasteiger partial charge in [-0.2, -0.15) is 0 Å². The second-order valence-electron chi connectivity index (χ2n) is 13.2. The molecule has 41 heavy (non-hydrogen) atoms. The molecule has 0 unspecified atom stereocenters. The highest BCUT2D eigenvalue weighted by Crippen LogP contribution is 2.54. The number of benzene rings is 6. The quantitative estimate of drug-likeness (QED) is 0.158. The van der Waals surface area contributed by atoms with Crippen molar-refractivity contribution in [2.24, 2.45) is 10.8 Å². The van der Waals surface area contributed by atoms with E-state index in [1.807, 2.05) is 0 Å². The van der Waals surface area contributed by atoms with Crippen molar-refractivity contribution in [1.82, 2.24) is 0 Å². The van der Waals surface area contributed by atoms with E-state index in [1.165, 1.54) is 73.0 Å². The number of rotatable bonds is 4. The van der Waals surface area contributed by atoms with Crippen LogP contribution < -0.4 is 5.46 Å². The molecule has 6 aromatic rings. The lowest BCUT2D eigenvalue weighted by Crippen LogP contribution is -2.30. The highest BCUT2D eigenvalue weighted by molar-refractivity contribution is 6.79. The van der Waals surface area contributed by atoms with Crippen LogP contribution in [0.25, 0.3) is 54.9 Å². The lowest BCUT2D eigenvalue weighted by molar-refractivity contribution is 0.177. The van der Waals surface area contributed by atoms with Crippen molar-refractivity contribution >= 4 is 33.7 Å². The minimum Gasteiger partial charge on any atom is -0.0646 e. The number of hydrogen-bond donors (Lipinski definition) is 0. The summed E-state index contributed by atoms with van der Waals surface area (Å²) in [6.07, 6.45) is 2.42. The molecule has 0 nitrogen and oxygen atoms in total. The zero-order valence-corrected chi connectivity index (χ0v) is 24.6. The smallest absolute Gasteiger partial charge is 0.0646 e. The van der Waals surface area contributed by atoms with Crippen LogP contribution in [0.1, 0.15) is 27.7 Å². The van der Waals surface area contributed by atoms with Crippen LogP contribution >= 0.6 is 0 Å². The Morgan fingerprint density at radius 2 is 0.805 bits per heavy atom. The van der Waals surface area contributed by atoms with Crippen molar-refractivity contribution in [2.45, 2.75) is 40.3 Å². The monoisotopic (exact) mass is 528 g/mol. The summed E-state index contributed by atoms with van der Waals surface area (Å²) in [5.74, 6) is 0. The Hall–Kier alpha value is -4.10. The van der Waals surface area contributed by atoms with Gasteiger partial charge in [-0.15, -0.1) is 0 Å². The lowest BCUT2D eigenvalue weighted by atomic mass is 9.40. The van der Waals surface area contributed by atoms with Gasteiger partial charge in [-0.1, -0.05) is 173 Å². The second kappa shape index (κ2) is 9.77. The molecular formula is C40H37B. The van der Waals surface area contributed by atoms with Crippen LogP contribution in [0.2, 0.25) is 12.6 Å². The van der Waals surface area contributed by atoms with Gasteiger partial charge in [0.1, 0.15) is 0 Å². The summed E-state index contributed by atoms with van der Waals surface area (Å²) in [5, 5.41) is 5.51. The predicted octanol–water partition coefficient (Wildman–Crippen LogP) is 10.8. The summed E-state index contributed by atoms with van der Waals surface area (Å²) >= 11 is 0. The fourth-order valence-electron chi connectivity index (χ4n) is 7.47. The van der Waals surface area contributed by atoms with E-state index in [1.54, 1.807) is 0 Å². The summed E-state index contributed by atoms with van der Waals surface area (Å²) in [6, 6.07) is 47.0. The third kappa shape index (κ3) is 4.22.